The van der Waals surface area contributed by atoms with Crippen LogP contribution in [0.4, 0.5) is 0 Å². The summed E-state index contributed by atoms with van der Waals surface area (Å²) < 4.78 is 1.86. The van der Waals surface area contributed by atoms with Crippen LogP contribution in [0.25, 0.3) is 0 Å². The van der Waals surface area contributed by atoms with Crippen LogP contribution in [0.1, 0.15) is 28.4 Å². The van der Waals surface area contributed by atoms with Crippen LogP contribution in [-0.2, 0) is 13.5 Å². The number of nitrogens with zero attached hydrogens (tertiary/aromatic N) is 2. The molecule has 2 rings (SSSR count). The van der Waals surface area contributed by atoms with E-state index in [1.807, 2.05) is 18.7 Å². The minimum Gasteiger partial charge on any atom is -0.330 e. The summed E-state index contributed by atoms with van der Waals surface area (Å²) in [5.74, 6) is 0.271. The van der Waals surface area contributed by atoms with Gasteiger partial charge in [-0.25, -0.2) is 0 Å². The standard InChI is InChI=1S/C15H20ClN3/c1-10-5-4-6-12(7-10)13(9-17)8-14-15(16)11(2)18-19(14)3/h4-7,13H,8-9,17H2,1-3H3. The van der Waals surface area contributed by atoms with E-state index < -0.39 is 0 Å². The Morgan fingerprint density at radius 2 is 2.11 bits per heavy atom. The van der Waals surface area contributed by atoms with Gasteiger partial charge in [-0.1, -0.05) is 41.4 Å². The van der Waals surface area contributed by atoms with Crippen LogP contribution in [0.2, 0.25) is 5.02 Å². The quantitative estimate of drug-likeness (QED) is 0.934. The lowest BCUT2D eigenvalue weighted by atomic mass is 9.93. The molecule has 1 aromatic carbocycles. The second-order valence-corrected chi connectivity index (χ2v) is 5.40. The Labute approximate surface area is 119 Å². The van der Waals surface area contributed by atoms with E-state index in [4.69, 9.17) is 17.3 Å². The molecule has 0 radical (unpaired) electrons. The molecule has 2 N–H and O–H groups in total. The van der Waals surface area contributed by atoms with Crippen LogP contribution in [0.15, 0.2) is 24.3 Å². The number of hydrogen-bond acceptors (Lipinski definition) is 2. The van der Waals surface area contributed by atoms with Crippen molar-refractivity contribution in [3.8, 4) is 0 Å². The number of aryl methyl sites for hydroxylation is 3. The van der Waals surface area contributed by atoms with Gasteiger partial charge in [0.15, 0.2) is 0 Å². The van der Waals surface area contributed by atoms with Gasteiger partial charge in [-0.2, -0.15) is 5.10 Å². The van der Waals surface area contributed by atoms with Crippen LogP contribution >= 0.6 is 11.6 Å². The van der Waals surface area contributed by atoms with Gasteiger partial charge in [-0.15, -0.1) is 0 Å². The molecule has 19 heavy (non-hydrogen) atoms. The van der Waals surface area contributed by atoms with Crippen LogP contribution in [0.5, 0.6) is 0 Å². The summed E-state index contributed by atoms with van der Waals surface area (Å²) >= 11 is 6.31. The average molecular weight is 278 g/mol. The van der Waals surface area contributed by atoms with E-state index in [1.165, 1.54) is 11.1 Å². The molecule has 0 saturated carbocycles. The zero-order valence-electron chi connectivity index (χ0n) is 11.7. The SMILES string of the molecule is Cc1cccc(C(CN)Cc2c(Cl)c(C)nn2C)c1. The average Bonchev–Trinajstić information content (AvgIpc) is 2.61. The van der Waals surface area contributed by atoms with Crippen LogP contribution in [0.3, 0.4) is 0 Å². The molecular weight excluding hydrogens is 258 g/mol. The molecule has 0 saturated heterocycles. The lowest BCUT2D eigenvalue weighted by Gasteiger charge is -2.16. The number of aromatic nitrogens is 2. The van der Waals surface area contributed by atoms with Crippen molar-refractivity contribution < 1.29 is 0 Å². The fourth-order valence-corrected chi connectivity index (χ4v) is 2.63. The highest BCUT2D eigenvalue weighted by molar-refractivity contribution is 6.31. The first-order valence-corrected chi connectivity index (χ1v) is 6.85. The summed E-state index contributed by atoms with van der Waals surface area (Å²) in [6.45, 7) is 4.62. The second kappa shape index (κ2) is 5.76. The highest BCUT2D eigenvalue weighted by Gasteiger charge is 2.17. The van der Waals surface area contributed by atoms with Gasteiger partial charge in [0.1, 0.15) is 0 Å². The summed E-state index contributed by atoms with van der Waals surface area (Å²) in [7, 11) is 1.93. The van der Waals surface area contributed by atoms with Crippen LogP contribution in [0, 0.1) is 13.8 Å². The van der Waals surface area contributed by atoms with Crippen LogP contribution in [-0.4, -0.2) is 16.3 Å². The number of hydrogen-bond donors (Lipinski definition) is 1. The van der Waals surface area contributed by atoms with E-state index in [2.05, 4.69) is 36.3 Å². The summed E-state index contributed by atoms with van der Waals surface area (Å²) in [6.07, 6.45) is 0.816. The topological polar surface area (TPSA) is 43.8 Å². The van der Waals surface area contributed by atoms with Gasteiger partial charge in [-0.3, -0.25) is 4.68 Å². The number of benzene rings is 1. The Balaban J connectivity index is 2.29. The van der Waals surface area contributed by atoms with Crippen molar-refractivity contribution in [2.24, 2.45) is 12.8 Å². The van der Waals surface area contributed by atoms with E-state index in [9.17, 15) is 0 Å². The second-order valence-electron chi connectivity index (χ2n) is 5.02. The van der Waals surface area contributed by atoms with Crippen molar-refractivity contribution in [3.63, 3.8) is 0 Å². The maximum absolute atomic E-state index is 6.31. The maximum Gasteiger partial charge on any atom is 0.0847 e. The van der Waals surface area contributed by atoms with Crippen molar-refractivity contribution in [3.05, 3.63) is 51.8 Å². The van der Waals surface area contributed by atoms with Crippen molar-refractivity contribution in [1.82, 2.24) is 9.78 Å². The van der Waals surface area contributed by atoms with E-state index in [-0.39, 0.29) is 5.92 Å². The normalized spacial score (nSPS) is 12.7. The third-order valence-corrected chi connectivity index (χ3v) is 3.99. The molecule has 0 aliphatic heterocycles. The van der Waals surface area contributed by atoms with Gasteiger partial charge in [0.2, 0.25) is 0 Å². The zero-order valence-corrected chi connectivity index (χ0v) is 12.4. The molecule has 0 spiro atoms. The van der Waals surface area contributed by atoms with Gasteiger partial charge in [-0.05, 0) is 32.4 Å². The summed E-state index contributed by atoms with van der Waals surface area (Å²) in [6, 6.07) is 8.48. The smallest absolute Gasteiger partial charge is 0.0847 e. The molecule has 1 aromatic heterocycles. The monoisotopic (exact) mass is 277 g/mol. The zero-order chi connectivity index (χ0) is 14.0. The Hall–Kier alpha value is -1.32. The number of rotatable bonds is 4. The molecule has 0 amide bonds. The highest BCUT2D eigenvalue weighted by Crippen LogP contribution is 2.26. The van der Waals surface area contributed by atoms with E-state index >= 15 is 0 Å². The fraction of sp³-hybridized carbons (Fsp3) is 0.400. The summed E-state index contributed by atoms with van der Waals surface area (Å²) in [5, 5.41) is 5.11. The molecule has 0 aliphatic rings. The molecular formula is C15H20ClN3. The van der Waals surface area contributed by atoms with E-state index in [0.717, 1.165) is 22.8 Å². The van der Waals surface area contributed by atoms with Crippen molar-refractivity contribution in [2.45, 2.75) is 26.2 Å². The molecule has 102 valence electrons. The van der Waals surface area contributed by atoms with Gasteiger partial charge in [0.25, 0.3) is 0 Å². The largest absolute Gasteiger partial charge is 0.330 e. The first-order chi connectivity index (χ1) is 9.02. The molecule has 4 heteroatoms. The number of nitrogens with two attached hydrogens (primary N) is 1. The predicted molar refractivity (Wildman–Crippen MR) is 79.6 cm³/mol. The Morgan fingerprint density at radius 1 is 1.37 bits per heavy atom. The first-order valence-electron chi connectivity index (χ1n) is 6.47. The van der Waals surface area contributed by atoms with Gasteiger partial charge in [0.05, 0.1) is 16.4 Å². The minimum atomic E-state index is 0.271. The van der Waals surface area contributed by atoms with Gasteiger partial charge < -0.3 is 5.73 Å². The Morgan fingerprint density at radius 3 is 2.63 bits per heavy atom. The van der Waals surface area contributed by atoms with Crippen molar-refractivity contribution in [1.29, 1.82) is 0 Å². The minimum absolute atomic E-state index is 0.271. The Kier molecular flexibility index (Phi) is 4.27. The van der Waals surface area contributed by atoms with Gasteiger partial charge >= 0.3 is 0 Å². The molecule has 2 aromatic rings. The summed E-state index contributed by atoms with van der Waals surface area (Å²) in [5.41, 5.74) is 10.4. The van der Waals surface area contributed by atoms with E-state index in [1.54, 1.807) is 0 Å². The fourth-order valence-electron chi connectivity index (χ4n) is 2.40. The van der Waals surface area contributed by atoms with Crippen molar-refractivity contribution >= 4 is 11.6 Å². The maximum atomic E-state index is 6.31. The molecule has 0 aliphatic carbocycles. The highest BCUT2D eigenvalue weighted by atomic mass is 35.5. The molecule has 1 heterocycles. The van der Waals surface area contributed by atoms with Gasteiger partial charge in [0, 0.05) is 13.0 Å². The predicted octanol–water partition coefficient (Wildman–Crippen LogP) is 2.98. The third kappa shape index (κ3) is 2.99. The van der Waals surface area contributed by atoms with E-state index in [0.29, 0.717) is 6.54 Å². The van der Waals surface area contributed by atoms with Crippen molar-refractivity contribution in [2.75, 3.05) is 6.54 Å². The lowest BCUT2D eigenvalue weighted by molar-refractivity contribution is 0.629. The molecule has 0 fully saturated rings. The third-order valence-electron chi connectivity index (χ3n) is 3.50. The molecule has 1 unspecified atom stereocenters. The van der Waals surface area contributed by atoms with Crippen LogP contribution < -0.4 is 5.73 Å². The number of halogens is 1. The summed E-state index contributed by atoms with van der Waals surface area (Å²) in [4.78, 5) is 0. The Bertz CT molecular complexity index is 575. The first kappa shape index (κ1) is 14.1. The molecule has 3 nitrogen and oxygen atoms in total. The molecule has 0 bridgehead atoms. The lowest BCUT2D eigenvalue weighted by Crippen LogP contribution is -2.17. The molecule has 1 atom stereocenters.